The SMILES string of the molecule is Nc1ccc(C(=O)OCc2cccc(C(F)(F)F)c2)cc1[N+](=O)[O-]. The van der Waals surface area contributed by atoms with Crippen LogP contribution in [0.5, 0.6) is 0 Å². The maximum Gasteiger partial charge on any atom is 0.416 e. The van der Waals surface area contributed by atoms with E-state index in [4.69, 9.17) is 10.5 Å². The standard InChI is InChI=1S/C15H11F3N2O4/c16-15(17,18)11-3-1-2-9(6-11)8-24-14(21)10-4-5-12(19)13(7-10)20(22)23/h1-7H,8,19H2. The molecule has 24 heavy (non-hydrogen) atoms. The summed E-state index contributed by atoms with van der Waals surface area (Å²) < 4.78 is 42.7. The van der Waals surface area contributed by atoms with Crippen molar-refractivity contribution in [3.05, 3.63) is 69.3 Å². The Bertz CT molecular complexity index is 791. The van der Waals surface area contributed by atoms with Crippen molar-refractivity contribution in [1.29, 1.82) is 0 Å². The summed E-state index contributed by atoms with van der Waals surface area (Å²) in [6, 6.07) is 7.68. The van der Waals surface area contributed by atoms with E-state index >= 15 is 0 Å². The van der Waals surface area contributed by atoms with Gasteiger partial charge in [0.1, 0.15) is 12.3 Å². The Kier molecular flexibility index (Phi) is 4.72. The first-order valence-electron chi connectivity index (χ1n) is 6.55. The fourth-order valence-electron chi connectivity index (χ4n) is 1.90. The molecule has 0 aliphatic carbocycles. The fraction of sp³-hybridized carbons (Fsp3) is 0.133. The number of alkyl halides is 3. The molecule has 0 heterocycles. The summed E-state index contributed by atoms with van der Waals surface area (Å²) in [6.07, 6.45) is -4.50. The lowest BCUT2D eigenvalue weighted by atomic mass is 10.1. The van der Waals surface area contributed by atoms with Gasteiger partial charge in [-0.25, -0.2) is 4.79 Å². The first-order valence-corrected chi connectivity index (χ1v) is 6.55. The van der Waals surface area contributed by atoms with Crippen molar-refractivity contribution in [2.24, 2.45) is 0 Å². The van der Waals surface area contributed by atoms with Crippen molar-refractivity contribution in [3.8, 4) is 0 Å². The Balaban J connectivity index is 2.11. The van der Waals surface area contributed by atoms with E-state index in [1.807, 2.05) is 0 Å². The Morgan fingerprint density at radius 3 is 2.54 bits per heavy atom. The van der Waals surface area contributed by atoms with E-state index in [2.05, 4.69) is 0 Å². The zero-order valence-electron chi connectivity index (χ0n) is 12.0. The molecular formula is C15H11F3N2O4. The average molecular weight is 340 g/mol. The Morgan fingerprint density at radius 2 is 1.92 bits per heavy atom. The molecule has 126 valence electrons. The molecule has 0 atom stereocenters. The van der Waals surface area contributed by atoms with Gasteiger partial charge in [0.15, 0.2) is 0 Å². The fourth-order valence-corrected chi connectivity index (χ4v) is 1.90. The minimum atomic E-state index is -4.50. The van der Waals surface area contributed by atoms with E-state index < -0.39 is 34.9 Å². The molecule has 0 saturated heterocycles. The summed E-state index contributed by atoms with van der Waals surface area (Å²) in [5.74, 6) is -0.907. The van der Waals surface area contributed by atoms with Gasteiger partial charge >= 0.3 is 12.1 Å². The first-order chi connectivity index (χ1) is 11.2. The zero-order valence-corrected chi connectivity index (χ0v) is 12.0. The molecule has 0 aliphatic rings. The Morgan fingerprint density at radius 1 is 1.21 bits per heavy atom. The summed E-state index contributed by atoms with van der Waals surface area (Å²) in [4.78, 5) is 21.9. The number of hydrogen-bond acceptors (Lipinski definition) is 5. The summed E-state index contributed by atoms with van der Waals surface area (Å²) in [6.45, 7) is -0.402. The predicted molar refractivity (Wildman–Crippen MR) is 78.1 cm³/mol. The van der Waals surface area contributed by atoms with Crippen molar-refractivity contribution >= 4 is 17.3 Å². The second-order valence-corrected chi connectivity index (χ2v) is 4.80. The minimum Gasteiger partial charge on any atom is -0.457 e. The molecule has 0 saturated carbocycles. The monoisotopic (exact) mass is 340 g/mol. The number of carbonyl (C=O) groups is 1. The third-order valence-electron chi connectivity index (χ3n) is 3.09. The van der Waals surface area contributed by atoms with Gasteiger partial charge in [-0.05, 0) is 29.8 Å². The zero-order chi connectivity index (χ0) is 17.9. The van der Waals surface area contributed by atoms with Gasteiger partial charge in [-0.3, -0.25) is 10.1 Å². The van der Waals surface area contributed by atoms with E-state index in [1.54, 1.807) is 0 Å². The highest BCUT2D eigenvalue weighted by molar-refractivity contribution is 5.91. The topological polar surface area (TPSA) is 95.5 Å². The van der Waals surface area contributed by atoms with Gasteiger partial charge in [0, 0.05) is 6.07 Å². The highest BCUT2D eigenvalue weighted by Gasteiger charge is 2.30. The van der Waals surface area contributed by atoms with Crippen LogP contribution in [0.2, 0.25) is 0 Å². The molecule has 6 nitrogen and oxygen atoms in total. The number of esters is 1. The number of rotatable bonds is 4. The second kappa shape index (κ2) is 6.57. The van der Waals surface area contributed by atoms with Gasteiger partial charge < -0.3 is 10.5 Å². The largest absolute Gasteiger partial charge is 0.457 e. The quantitative estimate of drug-likeness (QED) is 0.397. The molecule has 0 aromatic heterocycles. The maximum absolute atomic E-state index is 12.6. The highest BCUT2D eigenvalue weighted by Crippen LogP contribution is 2.29. The van der Waals surface area contributed by atoms with Crippen LogP contribution >= 0.6 is 0 Å². The number of nitrogens with zero attached hydrogens (tertiary/aromatic N) is 1. The van der Waals surface area contributed by atoms with E-state index in [-0.39, 0.29) is 16.8 Å². The third-order valence-corrected chi connectivity index (χ3v) is 3.09. The molecular weight excluding hydrogens is 329 g/mol. The smallest absolute Gasteiger partial charge is 0.416 e. The number of nitrogen functional groups attached to an aromatic ring is 1. The Hall–Kier alpha value is -3.10. The van der Waals surface area contributed by atoms with Crippen molar-refractivity contribution in [1.82, 2.24) is 0 Å². The molecule has 2 rings (SSSR count). The van der Waals surface area contributed by atoms with Crippen LogP contribution in [0, 0.1) is 10.1 Å². The number of ether oxygens (including phenoxy) is 1. The number of benzene rings is 2. The molecule has 0 bridgehead atoms. The summed E-state index contributed by atoms with van der Waals surface area (Å²) in [5.41, 5.74) is 4.00. The van der Waals surface area contributed by atoms with Gasteiger partial charge in [0.25, 0.3) is 5.69 Å². The molecule has 0 aliphatic heterocycles. The van der Waals surface area contributed by atoms with Crippen LogP contribution in [-0.4, -0.2) is 10.9 Å². The number of hydrogen-bond donors (Lipinski definition) is 1. The van der Waals surface area contributed by atoms with Crippen molar-refractivity contribution in [3.63, 3.8) is 0 Å². The van der Waals surface area contributed by atoms with Crippen LogP contribution in [0.4, 0.5) is 24.5 Å². The van der Waals surface area contributed by atoms with Crippen LogP contribution < -0.4 is 5.73 Å². The van der Waals surface area contributed by atoms with Crippen LogP contribution in [-0.2, 0) is 17.5 Å². The van der Waals surface area contributed by atoms with Gasteiger partial charge in [0.2, 0.25) is 0 Å². The van der Waals surface area contributed by atoms with Crippen LogP contribution in [0.15, 0.2) is 42.5 Å². The molecule has 0 unspecified atom stereocenters. The normalized spacial score (nSPS) is 11.1. The molecule has 0 spiro atoms. The molecule has 9 heteroatoms. The number of nitro groups is 1. The summed E-state index contributed by atoms with van der Waals surface area (Å²) in [7, 11) is 0. The number of anilines is 1. The molecule has 2 N–H and O–H groups in total. The van der Waals surface area contributed by atoms with Crippen LogP contribution in [0.1, 0.15) is 21.5 Å². The minimum absolute atomic E-state index is 0.116. The summed E-state index contributed by atoms with van der Waals surface area (Å²) >= 11 is 0. The van der Waals surface area contributed by atoms with Gasteiger partial charge in [-0.15, -0.1) is 0 Å². The second-order valence-electron chi connectivity index (χ2n) is 4.80. The van der Waals surface area contributed by atoms with Crippen molar-refractivity contribution in [2.45, 2.75) is 12.8 Å². The van der Waals surface area contributed by atoms with Gasteiger partial charge in [0.05, 0.1) is 16.1 Å². The van der Waals surface area contributed by atoms with Crippen LogP contribution in [0.3, 0.4) is 0 Å². The van der Waals surface area contributed by atoms with E-state index in [1.165, 1.54) is 24.3 Å². The Labute approximate surface area is 133 Å². The molecule has 0 radical (unpaired) electrons. The maximum atomic E-state index is 12.6. The lowest BCUT2D eigenvalue weighted by Gasteiger charge is -2.09. The number of nitrogens with two attached hydrogens (primary N) is 1. The molecule has 2 aromatic rings. The number of halogens is 3. The average Bonchev–Trinajstić information content (AvgIpc) is 2.52. The number of nitro benzene ring substituents is 1. The first kappa shape index (κ1) is 17.3. The van der Waals surface area contributed by atoms with Gasteiger partial charge in [-0.2, -0.15) is 13.2 Å². The molecule has 0 fully saturated rings. The lowest BCUT2D eigenvalue weighted by molar-refractivity contribution is -0.383. The highest BCUT2D eigenvalue weighted by atomic mass is 19.4. The third kappa shape index (κ3) is 4.00. The summed E-state index contributed by atoms with van der Waals surface area (Å²) in [5, 5.41) is 10.8. The van der Waals surface area contributed by atoms with E-state index in [9.17, 15) is 28.1 Å². The van der Waals surface area contributed by atoms with E-state index in [0.29, 0.717) is 0 Å². The lowest BCUT2D eigenvalue weighted by Crippen LogP contribution is -2.08. The molecule has 0 amide bonds. The van der Waals surface area contributed by atoms with Crippen molar-refractivity contribution < 1.29 is 27.6 Å². The molecule has 2 aromatic carbocycles. The number of carbonyl (C=O) groups excluding carboxylic acids is 1. The van der Waals surface area contributed by atoms with Crippen molar-refractivity contribution in [2.75, 3.05) is 5.73 Å². The van der Waals surface area contributed by atoms with Gasteiger partial charge in [-0.1, -0.05) is 12.1 Å². The predicted octanol–water partition coefficient (Wildman–Crippen LogP) is 3.55. The van der Waals surface area contributed by atoms with E-state index in [0.717, 1.165) is 18.2 Å². The van der Waals surface area contributed by atoms with Crippen LogP contribution in [0.25, 0.3) is 0 Å².